The van der Waals surface area contributed by atoms with Crippen LogP contribution in [0.5, 0.6) is 0 Å². The topological polar surface area (TPSA) is 0 Å². The summed E-state index contributed by atoms with van der Waals surface area (Å²) in [7, 11) is 1.76. The molecule has 0 unspecified atom stereocenters. The second-order valence-corrected chi connectivity index (χ2v) is 5.09. The van der Waals surface area contributed by atoms with Crippen LogP contribution in [0.15, 0.2) is 0 Å². The smallest absolute Gasteiger partial charge is 0.0170 e. The van der Waals surface area contributed by atoms with Crippen LogP contribution in [-0.4, -0.2) is 11.8 Å². The Morgan fingerprint density at radius 2 is 1.91 bits per heavy atom. The van der Waals surface area contributed by atoms with Crippen LogP contribution in [0.3, 0.4) is 0 Å². The van der Waals surface area contributed by atoms with Gasteiger partial charge in [-0.2, -0.15) is 0 Å². The van der Waals surface area contributed by atoms with Crippen LogP contribution >= 0.6 is 8.58 Å². The third-order valence-corrected chi connectivity index (χ3v) is 4.08. The van der Waals surface area contributed by atoms with Gasteiger partial charge >= 0.3 is 0 Å². The number of unbranched alkanes of at least 4 members (excludes halogenated alkanes) is 1. The molecule has 1 aliphatic rings. The number of hydrogen-bond donors (Lipinski definition) is 0. The summed E-state index contributed by atoms with van der Waals surface area (Å²) in [6, 6.07) is 0. The van der Waals surface area contributed by atoms with Crippen LogP contribution in [0.4, 0.5) is 0 Å². The van der Waals surface area contributed by atoms with E-state index in [1.165, 1.54) is 51.1 Å². The van der Waals surface area contributed by atoms with E-state index in [0.717, 1.165) is 5.66 Å². The Hall–Kier alpha value is 0.430. The second-order valence-electron chi connectivity index (χ2n) is 3.55. The summed E-state index contributed by atoms with van der Waals surface area (Å²) >= 11 is 0. The first-order valence-corrected chi connectivity index (χ1v) is 6.25. The van der Waals surface area contributed by atoms with E-state index >= 15 is 0 Å². The minimum Gasteiger partial charge on any atom is -0.0775 e. The van der Waals surface area contributed by atoms with Crippen LogP contribution in [0.25, 0.3) is 0 Å². The van der Waals surface area contributed by atoms with Gasteiger partial charge in [-0.1, -0.05) is 41.2 Å². The summed E-state index contributed by atoms with van der Waals surface area (Å²) in [4.78, 5) is 0. The molecule has 1 fully saturated rings. The molecule has 1 saturated carbocycles. The Bertz CT molecular complexity index is 84.9. The van der Waals surface area contributed by atoms with E-state index in [9.17, 15) is 0 Å². The van der Waals surface area contributed by atoms with Crippen LogP contribution in [0.2, 0.25) is 0 Å². The highest BCUT2D eigenvalue weighted by Gasteiger charge is 2.12. The number of rotatable bonds is 4. The van der Waals surface area contributed by atoms with Gasteiger partial charge in [-0.3, -0.25) is 0 Å². The molecule has 0 amide bonds. The van der Waals surface area contributed by atoms with Gasteiger partial charge in [0, 0.05) is 0 Å². The maximum absolute atomic E-state index is 2.29. The first-order chi connectivity index (χ1) is 5.43. The van der Waals surface area contributed by atoms with Gasteiger partial charge in [-0.25, -0.2) is 0 Å². The van der Waals surface area contributed by atoms with Crippen molar-refractivity contribution in [3.8, 4) is 0 Å². The van der Waals surface area contributed by atoms with Crippen molar-refractivity contribution in [2.75, 3.05) is 6.16 Å². The predicted molar refractivity (Wildman–Crippen MR) is 53.6 cm³/mol. The highest BCUT2D eigenvalue weighted by Crippen LogP contribution is 2.33. The second kappa shape index (κ2) is 6.00. The Morgan fingerprint density at radius 1 is 1.18 bits per heavy atom. The SMILES string of the molecule is CCCC[P]C1CCCCC1. The fraction of sp³-hybridized carbons (Fsp3) is 1.00. The molecule has 0 aromatic carbocycles. The lowest BCUT2D eigenvalue weighted by Gasteiger charge is -2.20. The first-order valence-electron chi connectivity index (χ1n) is 5.10. The normalized spacial score (nSPS) is 21.5. The first kappa shape index (κ1) is 9.52. The minimum atomic E-state index is 1.08. The van der Waals surface area contributed by atoms with Crippen molar-refractivity contribution in [2.45, 2.75) is 57.5 Å². The zero-order chi connectivity index (χ0) is 7.94. The lowest BCUT2D eigenvalue weighted by atomic mass is 10.0. The lowest BCUT2D eigenvalue weighted by molar-refractivity contribution is 0.513. The Labute approximate surface area is 72.9 Å². The maximum Gasteiger partial charge on any atom is -0.0170 e. The molecule has 1 rings (SSSR count). The monoisotopic (exact) mass is 171 g/mol. The standard InChI is InChI=1S/C10H20P/c1-2-3-9-11-10-7-5-4-6-8-10/h10H,2-9H2,1H3. The lowest BCUT2D eigenvalue weighted by Crippen LogP contribution is -2.06. The van der Waals surface area contributed by atoms with Crippen LogP contribution in [0.1, 0.15) is 51.9 Å². The van der Waals surface area contributed by atoms with Crippen molar-refractivity contribution in [3.05, 3.63) is 0 Å². The highest BCUT2D eigenvalue weighted by atomic mass is 31.1. The van der Waals surface area contributed by atoms with Crippen molar-refractivity contribution < 1.29 is 0 Å². The Kier molecular flexibility index (Phi) is 5.19. The average Bonchev–Trinajstić information content (AvgIpc) is 2.07. The molecule has 11 heavy (non-hydrogen) atoms. The molecule has 1 heteroatoms. The zero-order valence-corrected chi connectivity index (χ0v) is 8.58. The molecular formula is C10H20P. The highest BCUT2D eigenvalue weighted by molar-refractivity contribution is 7.38. The molecule has 1 aliphatic carbocycles. The van der Waals surface area contributed by atoms with E-state index in [-0.39, 0.29) is 0 Å². The quantitative estimate of drug-likeness (QED) is 0.442. The largest absolute Gasteiger partial charge is 0.0775 e. The molecule has 1 radical (unpaired) electrons. The van der Waals surface area contributed by atoms with E-state index in [4.69, 9.17) is 0 Å². The van der Waals surface area contributed by atoms with Crippen molar-refractivity contribution in [2.24, 2.45) is 0 Å². The average molecular weight is 171 g/mol. The van der Waals surface area contributed by atoms with Crippen LogP contribution < -0.4 is 0 Å². The van der Waals surface area contributed by atoms with Gasteiger partial charge in [0.05, 0.1) is 0 Å². The molecular weight excluding hydrogens is 151 g/mol. The van der Waals surface area contributed by atoms with Gasteiger partial charge in [-0.05, 0) is 31.1 Å². The van der Waals surface area contributed by atoms with E-state index < -0.39 is 0 Å². The molecule has 0 N–H and O–H groups in total. The minimum absolute atomic E-state index is 1.08. The van der Waals surface area contributed by atoms with E-state index in [0.29, 0.717) is 0 Å². The molecule has 0 aromatic heterocycles. The van der Waals surface area contributed by atoms with Crippen molar-refractivity contribution in [3.63, 3.8) is 0 Å². The Morgan fingerprint density at radius 3 is 2.55 bits per heavy atom. The van der Waals surface area contributed by atoms with Gasteiger partial charge in [0.25, 0.3) is 0 Å². The molecule has 0 nitrogen and oxygen atoms in total. The Balaban J connectivity index is 1.96. The van der Waals surface area contributed by atoms with E-state index in [1.54, 1.807) is 8.58 Å². The fourth-order valence-electron chi connectivity index (χ4n) is 1.70. The summed E-state index contributed by atoms with van der Waals surface area (Å²) in [5.74, 6) is 0. The van der Waals surface area contributed by atoms with Crippen molar-refractivity contribution >= 4 is 8.58 Å². The van der Waals surface area contributed by atoms with Crippen LogP contribution in [0, 0.1) is 0 Å². The summed E-state index contributed by atoms with van der Waals surface area (Å²) < 4.78 is 0. The van der Waals surface area contributed by atoms with Crippen molar-refractivity contribution in [1.29, 1.82) is 0 Å². The summed E-state index contributed by atoms with van der Waals surface area (Å²) in [5.41, 5.74) is 1.08. The molecule has 65 valence electrons. The fourth-order valence-corrected chi connectivity index (χ4v) is 3.29. The molecule has 0 bridgehead atoms. The summed E-state index contributed by atoms with van der Waals surface area (Å²) in [5, 5.41) is 0. The van der Waals surface area contributed by atoms with E-state index in [2.05, 4.69) is 6.92 Å². The molecule has 0 atom stereocenters. The molecule has 0 saturated heterocycles. The number of hydrogen-bond acceptors (Lipinski definition) is 0. The van der Waals surface area contributed by atoms with Crippen molar-refractivity contribution in [1.82, 2.24) is 0 Å². The van der Waals surface area contributed by atoms with Crippen LogP contribution in [-0.2, 0) is 0 Å². The summed E-state index contributed by atoms with van der Waals surface area (Å²) in [6.45, 7) is 2.29. The zero-order valence-electron chi connectivity index (χ0n) is 7.68. The molecule has 0 spiro atoms. The van der Waals surface area contributed by atoms with E-state index in [1.807, 2.05) is 0 Å². The predicted octanol–water partition coefficient (Wildman–Crippen LogP) is 4.07. The van der Waals surface area contributed by atoms with Gasteiger partial charge in [0.2, 0.25) is 0 Å². The van der Waals surface area contributed by atoms with Gasteiger partial charge in [-0.15, -0.1) is 0 Å². The third kappa shape index (κ3) is 4.11. The third-order valence-electron chi connectivity index (χ3n) is 2.47. The summed E-state index contributed by atoms with van der Waals surface area (Å²) in [6.07, 6.45) is 11.8. The molecule has 0 heterocycles. The molecule has 0 aromatic rings. The maximum atomic E-state index is 2.29. The van der Waals surface area contributed by atoms with Gasteiger partial charge in [0.15, 0.2) is 0 Å². The molecule has 0 aliphatic heterocycles. The van der Waals surface area contributed by atoms with Gasteiger partial charge in [0.1, 0.15) is 0 Å². The van der Waals surface area contributed by atoms with Gasteiger partial charge < -0.3 is 0 Å².